The molecule has 0 bridgehead atoms. The Balaban J connectivity index is 1.85. The van der Waals surface area contributed by atoms with Crippen LogP contribution in [0.3, 0.4) is 0 Å². The van der Waals surface area contributed by atoms with Crippen LogP contribution in [0.25, 0.3) is 0 Å². The number of nitrogens with one attached hydrogen (secondary N) is 2. The number of urea groups is 1. The lowest BCUT2D eigenvalue weighted by atomic mass is 10.1. The van der Waals surface area contributed by atoms with Crippen LogP contribution in [0.1, 0.15) is 24.0 Å². The molecule has 2 N–H and O–H groups in total. The van der Waals surface area contributed by atoms with Crippen molar-refractivity contribution in [2.45, 2.75) is 26.7 Å². The summed E-state index contributed by atoms with van der Waals surface area (Å²) in [4.78, 5) is 25.6. The van der Waals surface area contributed by atoms with Gasteiger partial charge in [-0.05, 0) is 57.0 Å². The minimum Gasteiger partial charge on any atom is -0.307 e. The van der Waals surface area contributed by atoms with Crippen LogP contribution >= 0.6 is 0 Å². The van der Waals surface area contributed by atoms with Gasteiger partial charge in [-0.3, -0.25) is 15.0 Å². The van der Waals surface area contributed by atoms with Gasteiger partial charge < -0.3 is 5.32 Å². The van der Waals surface area contributed by atoms with Gasteiger partial charge in [0.25, 0.3) is 0 Å². The third-order valence-corrected chi connectivity index (χ3v) is 3.67. The van der Waals surface area contributed by atoms with Gasteiger partial charge in [-0.1, -0.05) is 12.1 Å². The van der Waals surface area contributed by atoms with Gasteiger partial charge >= 0.3 is 6.03 Å². The first-order valence-corrected chi connectivity index (χ1v) is 6.95. The highest BCUT2D eigenvalue weighted by Crippen LogP contribution is 2.17. The summed E-state index contributed by atoms with van der Waals surface area (Å²) in [7, 11) is 0. The number of hydrogen-bond acceptors (Lipinski definition) is 3. The summed E-state index contributed by atoms with van der Waals surface area (Å²) in [5.41, 5.74) is 2.84. The standard InChI is InChI=1S/C15H21N3O2/c1-11-6-5-7-13(12(11)2)16-15(20)17-14(19)10-18-8-3-4-9-18/h5-7H,3-4,8-10H2,1-2H3,(H2,16,17,19,20). The maximum atomic E-state index is 11.8. The molecular weight excluding hydrogens is 254 g/mol. The number of nitrogens with zero attached hydrogens (tertiary/aromatic N) is 1. The number of imide groups is 1. The molecule has 1 saturated heterocycles. The van der Waals surface area contributed by atoms with Gasteiger partial charge in [0.15, 0.2) is 0 Å². The summed E-state index contributed by atoms with van der Waals surface area (Å²) in [6.45, 7) is 6.09. The fourth-order valence-corrected chi connectivity index (χ4v) is 2.35. The van der Waals surface area contributed by atoms with Crippen molar-refractivity contribution < 1.29 is 9.59 Å². The van der Waals surface area contributed by atoms with Crippen molar-refractivity contribution in [1.29, 1.82) is 0 Å². The molecule has 1 fully saturated rings. The van der Waals surface area contributed by atoms with E-state index in [4.69, 9.17) is 0 Å². The molecule has 5 heteroatoms. The van der Waals surface area contributed by atoms with Gasteiger partial charge in [-0.15, -0.1) is 0 Å². The van der Waals surface area contributed by atoms with Crippen LogP contribution in [0.2, 0.25) is 0 Å². The quantitative estimate of drug-likeness (QED) is 0.887. The first-order valence-electron chi connectivity index (χ1n) is 6.95. The van der Waals surface area contributed by atoms with Crippen LogP contribution in [0.4, 0.5) is 10.5 Å². The lowest BCUT2D eigenvalue weighted by molar-refractivity contribution is -0.120. The Labute approximate surface area is 119 Å². The Morgan fingerprint density at radius 3 is 2.60 bits per heavy atom. The lowest BCUT2D eigenvalue weighted by Crippen LogP contribution is -2.41. The molecule has 108 valence electrons. The molecule has 0 spiro atoms. The molecule has 1 heterocycles. The number of carbonyl (C=O) groups excluding carboxylic acids is 2. The fraction of sp³-hybridized carbons (Fsp3) is 0.467. The van der Waals surface area contributed by atoms with Crippen LogP contribution in [0.15, 0.2) is 18.2 Å². The Morgan fingerprint density at radius 1 is 1.20 bits per heavy atom. The summed E-state index contributed by atoms with van der Waals surface area (Å²) in [5.74, 6) is -0.255. The molecule has 1 aromatic carbocycles. The molecule has 1 aromatic rings. The van der Waals surface area contributed by atoms with Crippen molar-refractivity contribution in [1.82, 2.24) is 10.2 Å². The van der Waals surface area contributed by atoms with Crippen molar-refractivity contribution in [3.05, 3.63) is 29.3 Å². The SMILES string of the molecule is Cc1cccc(NC(=O)NC(=O)CN2CCCC2)c1C. The summed E-state index contributed by atoms with van der Waals surface area (Å²) in [5, 5.41) is 5.09. The third-order valence-electron chi connectivity index (χ3n) is 3.67. The summed E-state index contributed by atoms with van der Waals surface area (Å²) < 4.78 is 0. The van der Waals surface area contributed by atoms with Gasteiger partial charge in [-0.25, -0.2) is 4.79 Å². The van der Waals surface area contributed by atoms with E-state index in [0.29, 0.717) is 6.54 Å². The zero-order valence-electron chi connectivity index (χ0n) is 12.0. The number of anilines is 1. The van der Waals surface area contributed by atoms with E-state index in [1.54, 1.807) is 0 Å². The second-order valence-electron chi connectivity index (χ2n) is 5.23. The number of aryl methyl sites for hydroxylation is 1. The third kappa shape index (κ3) is 3.81. The number of rotatable bonds is 3. The summed E-state index contributed by atoms with van der Waals surface area (Å²) in [6.07, 6.45) is 2.25. The Hall–Kier alpha value is -1.88. The van der Waals surface area contributed by atoms with Crippen LogP contribution in [-0.4, -0.2) is 36.5 Å². The van der Waals surface area contributed by atoms with Gasteiger partial charge in [0.2, 0.25) is 5.91 Å². The monoisotopic (exact) mass is 275 g/mol. The van der Waals surface area contributed by atoms with E-state index in [1.165, 1.54) is 0 Å². The maximum Gasteiger partial charge on any atom is 0.325 e. The highest BCUT2D eigenvalue weighted by Gasteiger charge is 2.16. The molecule has 0 aliphatic carbocycles. The van der Waals surface area contributed by atoms with E-state index in [1.807, 2.05) is 32.0 Å². The Bertz CT molecular complexity index is 508. The van der Waals surface area contributed by atoms with E-state index in [2.05, 4.69) is 15.5 Å². The maximum absolute atomic E-state index is 11.8. The highest BCUT2D eigenvalue weighted by molar-refractivity contribution is 6.02. The molecule has 0 radical (unpaired) electrons. The van der Waals surface area contributed by atoms with Gasteiger partial charge in [0.1, 0.15) is 0 Å². The van der Waals surface area contributed by atoms with Crippen molar-refractivity contribution in [3.8, 4) is 0 Å². The first kappa shape index (κ1) is 14.5. The van der Waals surface area contributed by atoms with E-state index in [-0.39, 0.29) is 5.91 Å². The average molecular weight is 275 g/mol. The van der Waals surface area contributed by atoms with Gasteiger partial charge in [0, 0.05) is 5.69 Å². The highest BCUT2D eigenvalue weighted by atomic mass is 16.2. The number of hydrogen-bond donors (Lipinski definition) is 2. The lowest BCUT2D eigenvalue weighted by Gasteiger charge is -2.14. The topological polar surface area (TPSA) is 61.4 Å². The number of amides is 3. The minimum atomic E-state index is -0.470. The number of carbonyl (C=O) groups is 2. The predicted molar refractivity (Wildman–Crippen MR) is 78.8 cm³/mol. The van der Waals surface area contributed by atoms with Gasteiger partial charge in [0.05, 0.1) is 6.54 Å². The molecular formula is C15H21N3O2. The average Bonchev–Trinajstić information content (AvgIpc) is 2.87. The van der Waals surface area contributed by atoms with Crippen LogP contribution in [-0.2, 0) is 4.79 Å². The zero-order chi connectivity index (χ0) is 14.5. The van der Waals surface area contributed by atoms with Crippen molar-refractivity contribution in [3.63, 3.8) is 0 Å². The zero-order valence-corrected chi connectivity index (χ0v) is 12.0. The van der Waals surface area contributed by atoms with E-state index in [0.717, 1.165) is 42.7 Å². The van der Waals surface area contributed by atoms with Crippen LogP contribution < -0.4 is 10.6 Å². The van der Waals surface area contributed by atoms with Crippen LogP contribution in [0, 0.1) is 13.8 Å². The van der Waals surface area contributed by atoms with E-state index in [9.17, 15) is 9.59 Å². The molecule has 1 aliphatic rings. The molecule has 0 atom stereocenters. The normalized spacial score (nSPS) is 15.1. The Morgan fingerprint density at radius 2 is 1.90 bits per heavy atom. The molecule has 2 rings (SSSR count). The summed E-state index contributed by atoms with van der Waals surface area (Å²) in [6, 6.07) is 5.22. The molecule has 0 aromatic heterocycles. The van der Waals surface area contributed by atoms with E-state index < -0.39 is 6.03 Å². The molecule has 1 aliphatic heterocycles. The van der Waals surface area contributed by atoms with Gasteiger partial charge in [-0.2, -0.15) is 0 Å². The smallest absolute Gasteiger partial charge is 0.307 e. The second-order valence-corrected chi connectivity index (χ2v) is 5.23. The van der Waals surface area contributed by atoms with Crippen molar-refractivity contribution in [2.24, 2.45) is 0 Å². The first-order chi connectivity index (χ1) is 9.56. The summed E-state index contributed by atoms with van der Waals surface area (Å²) >= 11 is 0. The Kier molecular flexibility index (Phi) is 4.74. The van der Waals surface area contributed by atoms with E-state index >= 15 is 0 Å². The fourth-order valence-electron chi connectivity index (χ4n) is 2.35. The number of benzene rings is 1. The molecule has 0 unspecified atom stereocenters. The molecule has 3 amide bonds. The molecule has 20 heavy (non-hydrogen) atoms. The molecule has 5 nitrogen and oxygen atoms in total. The minimum absolute atomic E-state index is 0.255. The second kappa shape index (κ2) is 6.52. The molecule has 0 saturated carbocycles. The van der Waals surface area contributed by atoms with Crippen molar-refractivity contribution in [2.75, 3.05) is 25.0 Å². The largest absolute Gasteiger partial charge is 0.325 e. The van der Waals surface area contributed by atoms with Crippen LogP contribution in [0.5, 0.6) is 0 Å². The number of likely N-dealkylation sites (tertiary alicyclic amines) is 1. The predicted octanol–water partition coefficient (Wildman–Crippen LogP) is 2.05. The van der Waals surface area contributed by atoms with Crippen molar-refractivity contribution >= 4 is 17.6 Å².